The van der Waals surface area contributed by atoms with E-state index in [4.69, 9.17) is 16.9 Å². The molecule has 0 N–H and O–H groups in total. The van der Waals surface area contributed by atoms with Crippen LogP contribution in [0.5, 0.6) is 0 Å². The van der Waals surface area contributed by atoms with E-state index in [0.29, 0.717) is 20.6 Å². The number of nitrogens with zero attached hydrogens (tertiary/aromatic N) is 1. The number of halogens is 2. The highest BCUT2D eigenvalue weighted by atomic mass is 79.9. The lowest BCUT2D eigenvalue weighted by molar-refractivity contribution is 0.101. The zero-order valence-electron chi connectivity index (χ0n) is 6.77. The largest absolute Gasteiger partial charge is 0.294 e. The molecule has 0 unspecified atom stereocenters. The molecule has 0 bridgehead atoms. The van der Waals surface area contributed by atoms with Gasteiger partial charge in [0.25, 0.3) is 0 Å². The van der Waals surface area contributed by atoms with Crippen LogP contribution < -0.4 is 0 Å². The van der Waals surface area contributed by atoms with E-state index in [1.807, 2.05) is 6.07 Å². The van der Waals surface area contributed by atoms with E-state index in [-0.39, 0.29) is 5.78 Å². The van der Waals surface area contributed by atoms with Crippen LogP contribution in [-0.4, -0.2) is 5.78 Å². The number of benzene rings is 1. The van der Waals surface area contributed by atoms with Gasteiger partial charge >= 0.3 is 0 Å². The Hall–Kier alpha value is -0.850. The summed E-state index contributed by atoms with van der Waals surface area (Å²) in [7, 11) is 0. The summed E-state index contributed by atoms with van der Waals surface area (Å²) in [5.41, 5.74) is 0.773. The van der Waals surface area contributed by atoms with E-state index >= 15 is 0 Å². The molecule has 0 saturated carbocycles. The summed E-state index contributed by atoms with van der Waals surface area (Å²) >= 11 is 8.96. The first-order valence-corrected chi connectivity index (χ1v) is 4.64. The standard InChI is InChI=1S/C9H5BrClNO/c1-5(13)8-7(11)3-2-6(4-12)9(8)10/h2-3H,1H3. The van der Waals surface area contributed by atoms with Gasteiger partial charge in [-0.3, -0.25) is 4.79 Å². The van der Waals surface area contributed by atoms with Crippen LogP contribution in [0.15, 0.2) is 16.6 Å². The van der Waals surface area contributed by atoms with Crippen LogP contribution in [-0.2, 0) is 0 Å². The van der Waals surface area contributed by atoms with Crippen LogP contribution in [0.1, 0.15) is 22.8 Å². The van der Waals surface area contributed by atoms with Crippen molar-refractivity contribution < 1.29 is 4.79 Å². The normalized spacial score (nSPS) is 9.38. The first kappa shape index (κ1) is 10.2. The Kier molecular flexibility index (Phi) is 3.07. The Morgan fingerprint density at radius 3 is 2.69 bits per heavy atom. The number of ketones is 1. The van der Waals surface area contributed by atoms with Crippen molar-refractivity contribution in [1.29, 1.82) is 5.26 Å². The van der Waals surface area contributed by atoms with Crippen molar-refractivity contribution in [3.05, 3.63) is 32.8 Å². The maximum Gasteiger partial charge on any atom is 0.162 e. The maximum atomic E-state index is 11.1. The minimum absolute atomic E-state index is 0.158. The van der Waals surface area contributed by atoms with Gasteiger partial charge in [0.05, 0.1) is 16.1 Å². The summed E-state index contributed by atoms with van der Waals surface area (Å²) in [6.07, 6.45) is 0. The van der Waals surface area contributed by atoms with Crippen molar-refractivity contribution in [2.75, 3.05) is 0 Å². The van der Waals surface area contributed by atoms with Crippen molar-refractivity contribution in [3.63, 3.8) is 0 Å². The van der Waals surface area contributed by atoms with Crippen LogP contribution in [0.25, 0.3) is 0 Å². The first-order chi connectivity index (χ1) is 6.07. The van der Waals surface area contributed by atoms with Crippen molar-refractivity contribution in [2.24, 2.45) is 0 Å². The molecule has 13 heavy (non-hydrogen) atoms. The second-order valence-corrected chi connectivity index (χ2v) is 3.65. The monoisotopic (exact) mass is 257 g/mol. The number of hydrogen-bond donors (Lipinski definition) is 0. The molecular formula is C9H5BrClNO. The molecule has 0 atom stereocenters. The van der Waals surface area contributed by atoms with Crippen LogP contribution in [0, 0.1) is 11.3 Å². The number of carbonyl (C=O) groups is 1. The maximum absolute atomic E-state index is 11.1. The molecule has 0 aliphatic heterocycles. The Bertz CT molecular complexity index is 409. The smallest absolute Gasteiger partial charge is 0.162 e. The molecule has 0 aliphatic carbocycles. The van der Waals surface area contributed by atoms with Crippen molar-refractivity contribution in [2.45, 2.75) is 6.92 Å². The van der Waals surface area contributed by atoms with Gasteiger partial charge in [0.2, 0.25) is 0 Å². The van der Waals surface area contributed by atoms with Crippen LogP contribution in [0.3, 0.4) is 0 Å². The van der Waals surface area contributed by atoms with Gasteiger partial charge in [0.1, 0.15) is 6.07 Å². The van der Waals surface area contributed by atoms with E-state index in [1.54, 1.807) is 12.1 Å². The average Bonchev–Trinajstić information content (AvgIpc) is 2.04. The molecule has 1 rings (SSSR count). The minimum Gasteiger partial charge on any atom is -0.294 e. The molecule has 0 fully saturated rings. The third-order valence-corrected chi connectivity index (χ3v) is 2.70. The highest BCUT2D eigenvalue weighted by Crippen LogP contribution is 2.28. The Labute approximate surface area is 89.3 Å². The van der Waals surface area contributed by atoms with Gasteiger partial charge in [-0.15, -0.1) is 0 Å². The van der Waals surface area contributed by atoms with E-state index in [9.17, 15) is 4.79 Å². The lowest BCUT2D eigenvalue weighted by atomic mass is 10.1. The van der Waals surface area contributed by atoms with Gasteiger partial charge in [0, 0.05) is 4.47 Å². The van der Waals surface area contributed by atoms with E-state index < -0.39 is 0 Å². The highest BCUT2D eigenvalue weighted by molar-refractivity contribution is 9.10. The summed E-state index contributed by atoms with van der Waals surface area (Å²) in [4.78, 5) is 11.1. The predicted octanol–water partition coefficient (Wildman–Crippen LogP) is 3.18. The molecule has 0 spiro atoms. The van der Waals surface area contributed by atoms with E-state index in [0.717, 1.165) is 0 Å². The molecule has 1 aromatic rings. The lowest BCUT2D eigenvalue weighted by Crippen LogP contribution is -1.96. The number of hydrogen-bond acceptors (Lipinski definition) is 2. The van der Waals surface area contributed by atoms with Gasteiger partial charge in [-0.05, 0) is 35.0 Å². The SMILES string of the molecule is CC(=O)c1c(Cl)ccc(C#N)c1Br. The van der Waals surface area contributed by atoms with Crippen molar-refractivity contribution in [1.82, 2.24) is 0 Å². The molecule has 0 saturated heterocycles. The minimum atomic E-state index is -0.158. The van der Waals surface area contributed by atoms with Crippen LogP contribution >= 0.6 is 27.5 Å². The second kappa shape index (κ2) is 3.91. The zero-order valence-corrected chi connectivity index (χ0v) is 9.11. The van der Waals surface area contributed by atoms with Crippen LogP contribution in [0.4, 0.5) is 0 Å². The fourth-order valence-corrected chi connectivity index (χ4v) is 2.08. The summed E-state index contributed by atoms with van der Waals surface area (Å²) in [5.74, 6) is -0.158. The second-order valence-electron chi connectivity index (χ2n) is 2.45. The Balaban J connectivity index is 3.50. The van der Waals surface area contributed by atoms with Gasteiger partial charge in [-0.2, -0.15) is 5.26 Å². The van der Waals surface area contributed by atoms with Crippen molar-refractivity contribution >= 4 is 33.3 Å². The van der Waals surface area contributed by atoms with Gasteiger partial charge < -0.3 is 0 Å². The Morgan fingerprint density at radius 1 is 1.62 bits per heavy atom. The molecule has 0 radical (unpaired) electrons. The van der Waals surface area contributed by atoms with Crippen molar-refractivity contribution in [3.8, 4) is 6.07 Å². The molecule has 0 amide bonds. The summed E-state index contributed by atoms with van der Waals surface area (Å²) in [6, 6.07) is 5.07. The highest BCUT2D eigenvalue weighted by Gasteiger charge is 2.13. The number of Topliss-reactive ketones (excluding diaryl/α,β-unsaturated/α-hetero) is 1. The average molecular weight is 259 g/mol. The predicted molar refractivity (Wildman–Crippen MR) is 53.9 cm³/mol. The van der Waals surface area contributed by atoms with E-state index in [2.05, 4.69) is 15.9 Å². The fourth-order valence-electron chi connectivity index (χ4n) is 0.962. The Morgan fingerprint density at radius 2 is 2.23 bits per heavy atom. The molecule has 1 aromatic carbocycles. The molecule has 2 nitrogen and oxygen atoms in total. The molecule has 66 valence electrons. The molecule has 4 heteroatoms. The quantitative estimate of drug-likeness (QED) is 0.726. The zero-order chi connectivity index (χ0) is 10.0. The number of carbonyl (C=O) groups excluding carboxylic acids is 1. The van der Waals surface area contributed by atoms with E-state index in [1.165, 1.54) is 6.92 Å². The summed E-state index contributed by atoms with van der Waals surface area (Å²) in [6.45, 7) is 1.41. The lowest BCUT2D eigenvalue weighted by Gasteiger charge is -2.03. The molecular weight excluding hydrogens is 253 g/mol. The number of rotatable bonds is 1. The van der Waals surface area contributed by atoms with Gasteiger partial charge in [-0.1, -0.05) is 11.6 Å². The summed E-state index contributed by atoms with van der Waals surface area (Å²) < 4.78 is 0.468. The van der Waals surface area contributed by atoms with Gasteiger partial charge in [-0.25, -0.2) is 0 Å². The number of nitriles is 1. The molecule has 0 aliphatic rings. The fraction of sp³-hybridized carbons (Fsp3) is 0.111. The van der Waals surface area contributed by atoms with Gasteiger partial charge in [0.15, 0.2) is 5.78 Å². The summed E-state index contributed by atoms with van der Waals surface area (Å²) in [5, 5.41) is 9.04. The molecule has 0 heterocycles. The third kappa shape index (κ3) is 1.90. The first-order valence-electron chi connectivity index (χ1n) is 3.47. The molecule has 0 aromatic heterocycles. The third-order valence-electron chi connectivity index (χ3n) is 1.56. The van der Waals surface area contributed by atoms with Crippen LogP contribution in [0.2, 0.25) is 5.02 Å². The topological polar surface area (TPSA) is 40.9 Å².